The van der Waals surface area contributed by atoms with E-state index in [1.807, 2.05) is 0 Å². The molecule has 0 saturated carbocycles. The van der Waals surface area contributed by atoms with Crippen LogP contribution < -0.4 is 20.9 Å². The molecule has 3 N–H and O–H groups in total. The highest BCUT2D eigenvalue weighted by Crippen LogP contribution is 2.17. The first kappa shape index (κ1) is 15.0. The van der Waals surface area contributed by atoms with E-state index in [1.165, 1.54) is 6.07 Å². The minimum absolute atomic E-state index is 0.0891. The molecule has 4 nitrogen and oxygen atoms in total. The molecule has 0 aliphatic heterocycles. The Labute approximate surface area is 126 Å². The van der Waals surface area contributed by atoms with Crippen LogP contribution in [0.3, 0.4) is 0 Å². The predicted octanol–water partition coefficient (Wildman–Crippen LogP) is 3.29. The SMILES string of the molecule is COc1cccc(NC(=S)NNc2ccc(F)cc2F)c1. The second-order valence-corrected chi connectivity index (χ2v) is 4.47. The number of halogens is 2. The Morgan fingerprint density at radius 2 is 1.95 bits per heavy atom. The Hall–Kier alpha value is -2.41. The van der Waals surface area contributed by atoms with Crippen LogP contribution in [0.4, 0.5) is 20.2 Å². The Bertz CT molecular complexity index is 652. The fourth-order valence-electron chi connectivity index (χ4n) is 1.58. The molecule has 7 heteroatoms. The van der Waals surface area contributed by atoms with Gasteiger partial charge in [-0.15, -0.1) is 0 Å². The molecule has 0 aliphatic carbocycles. The summed E-state index contributed by atoms with van der Waals surface area (Å²) < 4.78 is 31.3. The molecule has 2 aromatic carbocycles. The lowest BCUT2D eigenvalue weighted by molar-refractivity contribution is 0.415. The van der Waals surface area contributed by atoms with Gasteiger partial charge < -0.3 is 10.1 Å². The van der Waals surface area contributed by atoms with Crippen molar-refractivity contribution in [2.45, 2.75) is 0 Å². The highest BCUT2D eigenvalue weighted by atomic mass is 32.1. The molecule has 0 aliphatic rings. The summed E-state index contributed by atoms with van der Waals surface area (Å²) in [6, 6.07) is 10.4. The monoisotopic (exact) mass is 309 g/mol. The van der Waals surface area contributed by atoms with Gasteiger partial charge in [-0.05, 0) is 36.5 Å². The maximum atomic E-state index is 13.4. The molecular formula is C14H13F2N3OS. The lowest BCUT2D eigenvalue weighted by Crippen LogP contribution is -2.33. The Morgan fingerprint density at radius 3 is 2.67 bits per heavy atom. The third-order valence-electron chi connectivity index (χ3n) is 2.57. The summed E-state index contributed by atoms with van der Waals surface area (Å²) in [5.41, 5.74) is 5.98. The van der Waals surface area contributed by atoms with Crippen LogP contribution >= 0.6 is 12.2 Å². The molecule has 0 spiro atoms. The zero-order valence-electron chi connectivity index (χ0n) is 11.1. The molecule has 0 radical (unpaired) electrons. The maximum Gasteiger partial charge on any atom is 0.189 e. The van der Waals surface area contributed by atoms with Gasteiger partial charge in [0, 0.05) is 17.8 Å². The lowest BCUT2D eigenvalue weighted by atomic mass is 10.3. The fourth-order valence-corrected chi connectivity index (χ4v) is 1.75. The number of nitrogens with one attached hydrogen (secondary N) is 3. The van der Waals surface area contributed by atoms with E-state index in [0.29, 0.717) is 11.4 Å². The van der Waals surface area contributed by atoms with Gasteiger partial charge in [0.2, 0.25) is 0 Å². The van der Waals surface area contributed by atoms with E-state index in [9.17, 15) is 8.78 Å². The van der Waals surface area contributed by atoms with Crippen LogP contribution in [0, 0.1) is 11.6 Å². The predicted molar refractivity (Wildman–Crippen MR) is 82.3 cm³/mol. The van der Waals surface area contributed by atoms with Crippen LogP contribution in [-0.4, -0.2) is 12.2 Å². The summed E-state index contributed by atoms with van der Waals surface area (Å²) in [6.07, 6.45) is 0. The van der Waals surface area contributed by atoms with Crippen molar-refractivity contribution < 1.29 is 13.5 Å². The van der Waals surface area contributed by atoms with Crippen LogP contribution in [0.25, 0.3) is 0 Å². The zero-order valence-corrected chi connectivity index (χ0v) is 11.9. The molecule has 0 amide bonds. The van der Waals surface area contributed by atoms with Crippen molar-refractivity contribution in [1.29, 1.82) is 0 Å². The summed E-state index contributed by atoms with van der Waals surface area (Å²) in [4.78, 5) is 0. The van der Waals surface area contributed by atoms with Gasteiger partial charge in [0.15, 0.2) is 10.9 Å². The first-order valence-corrected chi connectivity index (χ1v) is 6.41. The Kier molecular flexibility index (Phi) is 4.89. The van der Waals surface area contributed by atoms with Crippen molar-refractivity contribution in [2.75, 3.05) is 17.9 Å². The van der Waals surface area contributed by atoms with Crippen molar-refractivity contribution in [3.8, 4) is 5.75 Å². The van der Waals surface area contributed by atoms with Crippen LogP contribution in [0.2, 0.25) is 0 Å². The first-order valence-electron chi connectivity index (χ1n) is 6.00. The number of thiocarbonyl (C=S) groups is 1. The molecule has 0 unspecified atom stereocenters. The van der Waals surface area contributed by atoms with Gasteiger partial charge in [-0.1, -0.05) is 6.07 Å². The second-order valence-electron chi connectivity index (χ2n) is 4.06. The number of ether oxygens (including phenoxy) is 1. The molecule has 0 saturated heterocycles. The van der Waals surface area contributed by atoms with E-state index < -0.39 is 11.6 Å². The van der Waals surface area contributed by atoms with E-state index >= 15 is 0 Å². The van der Waals surface area contributed by atoms with Crippen LogP contribution in [0.5, 0.6) is 5.75 Å². The summed E-state index contributed by atoms with van der Waals surface area (Å²) in [7, 11) is 1.56. The molecular weight excluding hydrogens is 296 g/mol. The fraction of sp³-hybridized carbons (Fsp3) is 0.0714. The number of hydrogen-bond acceptors (Lipinski definition) is 3. The van der Waals surface area contributed by atoms with Gasteiger partial charge in [-0.2, -0.15) is 0 Å². The van der Waals surface area contributed by atoms with Crippen molar-refractivity contribution in [3.63, 3.8) is 0 Å². The van der Waals surface area contributed by atoms with Crippen molar-refractivity contribution in [1.82, 2.24) is 5.43 Å². The number of anilines is 2. The van der Waals surface area contributed by atoms with Crippen LogP contribution in [0.15, 0.2) is 42.5 Å². The average Bonchev–Trinajstić information content (AvgIpc) is 2.46. The molecule has 21 heavy (non-hydrogen) atoms. The average molecular weight is 309 g/mol. The van der Waals surface area contributed by atoms with Gasteiger partial charge in [-0.25, -0.2) is 8.78 Å². The number of benzene rings is 2. The molecule has 0 atom stereocenters. The number of methoxy groups -OCH3 is 1. The molecule has 2 rings (SSSR count). The molecule has 0 heterocycles. The third kappa shape index (κ3) is 4.28. The molecule has 0 fully saturated rings. The van der Waals surface area contributed by atoms with E-state index in [4.69, 9.17) is 17.0 Å². The van der Waals surface area contributed by atoms with E-state index in [0.717, 1.165) is 12.1 Å². The lowest BCUT2D eigenvalue weighted by Gasteiger charge is -2.13. The summed E-state index contributed by atoms with van der Waals surface area (Å²) >= 11 is 5.06. The molecule has 110 valence electrons. The van der Waals surface area contributed by atoms with E-state index in [2.05, 4.69) is 16.2 Å². The Balaban J connectivity index is 1.92. The van der Waals surface area contributed by atoms with Crippen molar-refractivity contribution >= 4 is 28.7 Å². The highest BCUT2D eigenvalue weighted by Gasteiger charge is 2.04. The smallest absolute Gasteiger partial charge is 0.189 e. The minimum atomic E-state index is -0.716. The largest absolute Gasteiger partial charge is 0.497 e. The summed E-state index contributed by atoms with van der Waals surface area (Å²) in [5.74, 6) is -0.679. The molecule has 0 bridgehead atoms. The highest BCUT2D eigenvalue weighted by molar-refractivity contribution is 7.80. The normalized spacial score (nSPS) is 9.86. The topological polar surface area (TPSA) is 45.3 Å². The Morgan fingerprint density at radius 1 is 1.14 bits per heavy atom. The van der Waals surface area contributed by atoms with Gasteiger partial charge >= 0.3 is 0 Å². The maximum absolute atomic E-state index is 13.4. The van der Waals surface area contributed by atoms with Crippen molar-refractivity contribution in [3.05, 3.63) is 54.1 Å². The van der Waals surface area contributed by atoms with E-state index in [1.54, 1.807) is 31.4 Å². The number of hydrazine groups is 1. The number of hydrogen-bond donors (Lipinski definition) is 3. The zero-order chi connectivity index (χ0) is 15.2. The second kappa shape index (κ2) is 6.85. The van der Waals surface area contributed by atoms with Gasteiger partial charge in [0.05, 0.1) is 12.8 Å². The number of rotatable bonds is 4. The quantitative estimate of drug-likeness (QED) is 0.597. The molecule has 0 aromatic heterocycles. The van der Waals surface area contributed by atoms with Crippen LogP contribution in [-0.2, 0) is 0 Å². The summed E-state index contributed by atoms with van der Waals surface area (Å²) in [5, 5.41) is 3.13. The van der Waals surface area contributed by atoms with Crippen LogP contribution in [0.1, 0.15) is 0 Å². The van der Waals surface area contributed by atoms with Gasteiger partial charge in [0.1, 0.15) is 11.6 Å². The third-order valence-corrected chi connectivity index (χ3v) is 2.77. The summed E-state index contributed by atoms with van der Waals surface area (Å²) in [6.45, 7) is 0. The first-order chi connectivity index (χ1) is 10.1. The van der Waals surface area contributed by atoms with Gasteiger partial charge in [-0.3, -0.25) is 10.9 Å². The van der Waals surface area contributed by atoms with E-state index in [-0.39, 0.29) is 10.8 Å². The standard InChI is InChI=1S/C14H13F2N3OS/c1-20-11-4-2-3-10(8-11)17-14(21)19-18-13-6-5-9(15)7-12(13)16/h2-8,18H,1H3,(H2,17,19,21). The van der Waals surface area contributed by atoms with Crippen molar-refractivity contribution in [2.24, 2.45) is 0 Å². The minimum Gasteiger partial charge on any atom is -0.497 e. The van der Waals surface area contributed by atoms with Gasteiger partial charge in [0.25, 0.3) is 0 Å². The molecule has 2 aromatic rings.